The van der Waals surface area contributed by atoms with Crippen molar-refractivity contribution in [2.45, 2.75) is 33.2 Å². The molecule has 6 heteroatoms. The van der Waals surface area contributed by atoms with Gasteiger partial charge in [-0.1, -0.05) is 26.3 Å². The Labute approximate surface area is 123 Å². The quantitative estimate of drug-likeness (QED) is 0.608. The molecule has 0 radical (unpaired) electrons. The van der Waals surface area contributed by atoms with Crippen LogP contribution in [0.25, 0.3) is 0 Å². The van der Waals surface area contributed by atoms with Crippen LogP contribution in [0.3, 0.4) is 0 Å². The van der Waals surface area contributed by atoms with Crippen molar-refractivity contribution < 1.29 is 19.1 Å². The lowest BCUT2D eigenvalue weighted by Crippen LogP contribution is -2.48. The van der Waals surface area contributed by atoms with Crippen LogP contribution in [0.2, 0.25) is 0 Å². The smallest absolute Gasteiger partial charge is 0.308 e. The number of ether oxygens (including phenoxy) is 1. The largest absolute Gasteiger partial charge is 0.427 e. The van der Waals surface area contributed by atoms with E-state index in [4.69, 9.17) is 10.5 Å². The van der Waals surface area contributed by atoms with E-state index in [2.05, 4.69) is 5.32 Å². The molecule has 2 atom stereocenters. The van der Waals surface area contributed by atoms with Crippen LogP contribution in [-0.4, -0.2) is 23.8 Å². The number of benzene rings is 1. The number of nitrogens with one attached hydrogen (secondary N) is 1. The molecule has 0 saturated carbocycles. The summed E-state index contributed by atoms with van der Waals surface area (Å²) in [5, 5.41) is 2.61. The predicted molar refractivity (Wildman–Crippen MR) is 77.7 cm³/mol. The van der Waals surface area contributed by atoms with Crippen molar-refractivity contribution >= 4 is 17.8 Å². The van der Waals surface area contributed by atoms with E-state index in [1.54, 1.807) is 18.2 Å². The molecule has 6 nitrogen and oxygen atoms in total. The Balaban J connectivity index is 2.87. The zero-order chi connectivity index (χ0) is 16.0. The van der Waals surface area contributed by atoms with Gasteiger partial charge in [0.05, 0.1) is 0 Å². The molecule has 114 valence electrons. The monoisotopic (exact) mass is 292 g/mol. The number of carbonyl (C=O) groups is 3. The minimum atomic E-state index is -0.736. The summed E-state index contributed by atoms with van der Waals surface area (Å²) in [6.45, 7) is 5.03. The van der Waals surface area contributed by atoms with Crippen LogP contribution in [0.4, 0.5) is 0 Å². The lowest BCUT2D eigenvalue weighted by Gasteiger charge is -2.21. The van der Waals surface area contributed by atoms with Crippen LogP contribution in [0.1, 0.15) is 37.6 Å². The summed E-state index contributed by atoms with van der Waals surface area (Å²) in [5.41, 5.74) is 5.61. The molecule has 0 heterocycles. The third-order valence-corrected chi connectivity index (χ3v) is 3.16. The van der Waals surface area contributed by atoms with Gasteiger partial charge >= 0.3 is 5.97 Å². The molecule has 0 aromatic heterocycles. The van der Waals surface area contributed by atoms with E-state index in [0.29, 0.717) is 12.0 Å². The van der Waals surface area contributed by atoms with E-state index in [1.165, 1.54) is 13.0 Å². The number of hydrogen-bond donors (Lipinski definition) is 2. The number of carbonyl (C=O) groups excluding carboxylic acids is 3. The standard InChI is InChI=1S/C15H20N2O4/c1-4-9(2)13(14(16)19)17-15(20)11-6-5-7-12(8-11)21-10(3)18/h5-9,13H,4H2,1-3H3,(H2,16,19)(H,17,20)/t9-,13-/m0/s1. The molecule has 0 unspecified atom stereocenters. The van der Waals surface area contributed by atoms with Crippen LogP contribution in [0.15, 0.2) is 24.3 Å². The van der Waals surface area contributed by atoms with Gasteiger partial charge in [0.15, 0.2) is 0 Å². The second kappa shape index (κ2) is 7.42. The number of amides is 2. The maximum atomic E-state index is 12.2. The molecule has 2 amide bonds. The third kappa shape index (κ3) is 4.91. The average molecular weight is 292 g/mol. The van der Waals surface area contributed by atoms with E-state index >= 15 is 0 Å². The fourth-order valence-electron chi connectivity index (χ4n) is 1.82. The van der Waals surface area contributed by atoms with Gasteiger partial charge in [0, 0.05) is 12.5 Å². The van der Waals surface area contributed by atoms with Crippen LogP contribution >= 0.6 is 0 Å². The van der Waals surface area contributed by atoms with Gasteiger partial charge in [-0.3, -0.25) is 14.4 Å². The minimum absolute atomic E-state index is 0.0666. The van der Waals surface area contributed by atoms with Gasteiger partial charge in [-0.05, 0) is 24.1 Å². The van der Waals surface area contributed by atoms with Crippen LogP contribution in [0.5, 0.6) is 5.75 Å². The number of rotatable bonds is 6. The molecule has 1 aromatic carbocycles. The van der Waals surface area contributed by atoms with Gasteiger partial charge in [-0.2, -0.15) is 0 Å². The van der Waals surface area contributed by atoms with Gasteiger partial charge in [0.1, 0.15) is 11.8 Å². The highest BCUT2D eigenvalue weighted by molar-refractivity contribution is 5.97. The molecule has 3 N–H and O–H groups in total. The van der Waals surface area contributed by atoms with E-state index < -0.39 is 23.8 Å². The van der Waals surface area contributed by atoms with Crippen molar-refractivity contribution in [2.75, 3.05) is 0 Å². The second-order valence-corrected chi connectivity index (χ2v) is 4.86. The number of hydrogen-bond acceptors (Lipinski definition) is 4. The predicted octanol–water partition coefficient (Wildman–Crippen LogP) is 1.24. The first-order valence-electron chi connectivity index (χ1n) is 6.73. The highest BCUT2D eigenvalue weighted by Crippen LogP contribution is 2.14. The number of nitrogens with two attached hydrogens (primary N) is 1. The Morgan fingerprint density at radius 1 is 1.33 bits per heavy atom. The van der Waals surface area contributed by atoms with Crippen LogP contribution in [0, 0.1) is 5.92 Å². The summed E-state index contributed by atoms with van der Waals surface area (Å²) in [6, 6.07) is 5.43. The fraction of sp³-hybridized carbons (Fsp3) is 0.400. The summed E-state index contributed by atoms with van der Waals surface area (Å²) < 4.78 is 4.92. The molecule has 0 fully saturated rings. The Hall–Kier alpha value is -2.37. The molecule has 0 bridgehead atoms. The fourth-order valence-corrected chi connectivity index (χ4v) is 1.82. The summed E-state index contributed by atoms with van der Waals surface area (Å²) in [6.07, 6.45) is 0.710. The van der Waals surface area contributed by atoms with E-state index in [-0.39, 0.29) is 11.7 Å². The maximum absolute atomic E-state index is 12.2. The molecule has 0 aliphatic carbocycles. The molecule has 21 heavy (non-hydrogen) atoms. The topological polar surface area (TPSA) is 98.5 Å². The van der Waals surface area contributed by atoms with E-state index in [1.807, 2.05) is 13.8 Å². The summed E-state index contributed by atoms with van der Waals surface area (Å²) >= 11 is 0. The van der Waals surface area contributed by atoms with Crippen molar-refractivity contribution in [3.63, 3.8) is 0 Å². The molecule has 0 saturated heterocycles. The zero-order valence-corrected chi connectivity index (χ0v) is 12.4. The Kier molecular flexibility index (Phi) is 5.90. The van der Waals surface area contributed by atoms with Crippen LogP contribution < -0.4 is 15.8 Å². The van der Waals surface area contributed by atoms with Crippen molar-refractivity contribution in [3.05, 3.63) is 29.8 Å². The van der Waals surface area contributed by atoms with Crippen molar-refractivity contribution in [2.24, 2.45) is 11.7 Å². The second-order valence-electron chi connectivity index (χ2n) is 4.86. The van der Waals surface area contributed by atoms with E-state index in [9.17, 15) is 14.4 Å². The van der Waals surface area contributed by atoms with Gasteiger partial charge < -0.3 is 15.8 Å². The first-order valence-corrected chi connectivity index (χ1v) is 6.73. The van der Waals surface area contributed by atoms with Gasteiger partial charge in [-0.25, -0.2) is 0 Å². The first kappa shape index (κ1) is 16.7. The zero-order valence-electron chi connectivity index (χ0n) is 12.4. The van der Waals surface area contributed by atoms with Gasteiger partial charge in [0.25, 0.3) is 5.91 Å². The van der Waals surface area contributed by atoms with Crippen molar-refractivity contribution in [1.82, 2.24) is 5.32 Å². The average Bonchev–Trinajstić information content (AvgIpc) is 2.42. The normalized spacial score (nSPS) is 13.1. The first-order chi connectivity index (χ1) is 9.85. The number of esters is 1. The van der Waals surface area contributed by atoms with Crippen molar-refractivity contribution in [3.8, 4) is 5.75 Å². The van der Waals surface area contributed by atoms with Crippen molar-refractivity contribution in [1.29, 1.82) is 0 Å². The minimum Gasteiger partial charge on any atom is -0.427 e. The molecule has 0 aliphatic rings. The molecule has 0 aliphatic heterocycles. The molecule has 1 rings (SSSR count). The third-order valence-electron chi connectivity index (χ3n) is 3.16. The lowest BCUT2D eigenvalue weighted by molar-refractivity contribution is -0.131. The molecule has 0 spiro atoms. The summed E-state index contributed by atoms with van der Waals surface area (Å²) in [5.74, 6) is -1.28. The Morgan fingerprint density at radius 3 is 2.52 bits per heavy atom. The lowest BCUT2D eigenvalue weighted by atomic mass is 9.98. The van der Waals surface area contributed by atoms with E-state index in [0.717, 1.165) is 0 Å². The summed E-state index contributed by atoms with van der Waals surface area (Å²) in [7, 11) is 0. The highest BCUT2D eigenvalue weighted by atomic mass is 16.5. The SMILES string of the molecule is CC[C@H](C)[C@H](NC(=O)c1cccc(OC(C)=O)c1)C(N)=O. The van der Waals surface area contributed by atoms with Gasteiger partial charge in [0.2, 0.25) is 5.91 Å². The Morgan fingerprint density at radius 2 is 2.00 bits per heavy atom. The summed E-state index contributed by atoms with van der Waals surface area (Å²) in [4.78, 5) is 34.5. The number of primary amides is 1. The van der Waals surface area contributed by atoms with Crippen LogP contribution in [-0.2, 0) is 9.59 Å². The van der Waals surface area contributed by atoms with Gasteiger partial charge in [-0.15, -0.1) is 0 Å². The molecular formula is C15H20N2O4. The highest BCUT2D eigenvalue weighted by Gasteiger charge is 2.24. The molecule has 1 aromatic rings. The maximum Gasteiger partial charge on any atom is 0.308 e. The Bertz CT molecular complexity index is 542. The molecular weight excluding hydrogens is 272 g/mol.